The summed E-state index contributed by atoms with van der Waals surface area (Å²) in [5.41, 5.74) is 9.13. The Morgan fingerprint density at radius 2 is 1.90 bits per heavy atom. The van der Waals surface area contributed by atoms with E-state index in [1.165, 1.54) is 0 Å². The summed E-state index contributed by atoms with van der Waals surface area (Å²) in [7, 11) is 0. The van der Waals surface area contributed by atoms with Crippen molar-refractivity contribution in [3.63, 3.8) is 0 Å². The van der Waals surface area contributed by atoms with Gasteiger partial charge in [0, 0.05) is 6.54 Å². The van der Waals surface area contributed by atoms with Gasteiger partial charge in [0.1, 0.15) is 0 Å². The molecule has 10 heavy (non-hydrogen) atoms. The molecule has 0 heterocycles. The Morgan fingerprint density at radius 1 is 1.30 bits per heavy atom. The second kappa shape index (κ2) is 3.20. The van der Waals surface area contributed by atoms with Gasteiger partial charge < -0.3 is 5.73 Å². The van der Waals surface area contributed by atoms with E-state index < -0.39 is 0 Å². The van der Waals surface area contributed by atoms with Crippen LogP contribution in [0.3, 0.4) is 0 Å². The fourth-order valence-electron chi connectivity index (χ4n) is 0.715. The molecule has 3 nitrogen and oxygen atoms in total. The minimum atomic E-state index is 0.533. The van der Waals surface area contributed by atoms with Crippen LogP contribution < -0.4 is 11.2 Å². The Labute approximate surface area is 59.4 Å². The molecule has 0 fully saturated rings. The van der Waals surface area contributed by atoms with Gasteiger partial charge in [-0.15, -0.1) is 0 Å². The lowest BCUT2D eigenvalue weighted by Gasteiger charge is -1.98. The van der Waals surface area contributed by atoms with E-state index in [1.54, 1.807) is 12.1 Å². The molecule has 0 aliphatic heterocycles. The van der Waals surface area contributed by atoms with Crippen molar-refractivity contribution in [1.82, 2.24) is 0 Å². The SMILES string of the molecule is NCc1ccc(NO)cc1. The molecule has 0 amide bonds. The third-order valence-corrected chi connectivity index (χ3v) is 1.32. The number of hydrogen-bond donors (Lipinski definition) is 3. The number of anilines is 1. The highest BCUT2D eigenvalue weighted by molar-refractivity contribution is 5.42. The van der Waals surface area contributed by atoms with Crippen molar-refractivity contribution in [3.05, 3.63) is 29.8 Å². The summed E-state index contributed by atoms with van der Waals surface area (Å²) in [4.78, 5) is 0. The Bertz CT molecular complexity index is 172. The molecular formula is C7H10N2O. The van der Waals surface area contributed by atoms with Crippen LogP contribution in [-0.4, -0.2) is 5.21 Å². The molecule has 0 aromatic heterocycles. The first-order valence-electron chi connectivity index (χ1n) is 3.06. The van der Waals surface area contributed by atoms with E-state index in [0.29, 0.717) is 12.2 Å². The summed E-state index contributed by atoms with van der Waals surface area (Å²) in [6, 6.07) is 7.25. The number of rotatable bonds is 2. The maximum Gasteiger partial charge on any atom is 0.0602 e. The van der Waals surface area contributed by atoms with Gasteiger partial charge in [-0.1, -0.05) is 12.1 Å². The van der Waals surface area contributed by atoms with Crippen molar-refractivity contribution in [2.24, 2.45) is 5.73 Å². The highest BCUT2D eigenvalue weighted by Gasteiger charge is 1.88. The summed E-state index contributed by atoms with van der Waals surface area (Å²) in [6.07, 6.45) is 0. The van der Waals surface area contributed by atoms with Crippen molar-refractivity contribution < 1.29 is 5.21 Å². The Hall–Kier alpha value is -1.06. The second-order valence-corrected chi connectivity index (χ2v) is 2.01. The van der Waals surface area contributed by atoms with E-state index >= 15 is 0 Å². The first-order valence-corrected chi connectivity index (χ1v) is 3.06. The molecule has 54 valence electrons. The largest absolute Gasteiger partial charge is 0.326 e. The molecule has 0 unspecified atom stereocenters. The summed E-state index contributed by atoms with van der Waals surface area (Å²) in [5.74, 6) is 0. The van der Waals surface area contributed by atoms with E-state index in [2.05, 4.69) is 0 Å². The van der Waals surface area contributed by atoms with Gasteiger partial charge in [-0.2, -0.15) is 0 Å². The average molecular weight is 138 g/mol. The second-order valence-electron chi connectivity index (χ2n) is 2.01. The first-order chi connectivity index (χ1) is 4.86. The fraction of sp³-hybridized carbons (Fsp3) is 0.143. The lowest BCUT2D eigenvalue weighted by molar-refractivity contribution is 0.389. The summed E-state index contributed by atoms with van der Waals surface area (Å²) in [5, 5.41) is 8.42. The third-order valence-electron chi connectivity index (χ3n) is 1.32. The molecule has 0 aliphatic carbocycles. The molecule has 0 aliphatic rings. The standard InChI is InChI=1S/C7H10N2O/c8-5-6-1-3-7(9-10)4-2-6/h1-4,9-10H,5,8H2. The summed E-state index contributed by atoms with van der Waals surface area (Å²) >= 11 is 0. The topological polar surface area (TPSA) is 58.3 Å². The molecular weight excluding hydrogens is 128 g/mol. The smallest absolute Gasteiger partial charge is 0.0602 e. The van der Waals surface area contributed by atoms with Crippen molar-refractivity contribution in [1.29, 1.82) is 0 Å². The van der Waals surface area contributed by atoms with Crippen molar-refractivity contribution >= 4 is 5.69 Å². The minimum absolute atomic E-state index is 0.533. The first kappa shape index (κ1) is 7.05. The highest BCUT2D eigenvalue weighted by atomic mass is 16.5. The monoisotopic (exact) mass is 138 g/mol. The maximum absolute atomic E-state index is 8.42. The van der Waals surface area contributed by atoms with Crippen molar-refractivity contribution in [3.8, 4) is 0 Å². The van der Waals surface area contributed by atoms with E-state index in [-0.39, 0.29) is 0 Å². The van der Waals surface area contributed by atoms with Gasteiger partial charge >= 0.3 is 0 Å². The molecule has 0 bridgehead atoms. The van der Waals surface area contributed by atoms with Gasteiger partial charge in [0.25, 0.3) is 0 Å². The van der Waals surface area contributed by atoms with E-state index in [1.807, 2.05) is 17.6 Å². The van der Waals surface area contributed by atoms with Crippen LogP contribution in [0.1, 0.15) is 5.56 Å². The Morgan fingerprint density at radius 3 is 2.30 bits per heavy atom. The van der Waals surface area contributed by atoms with Crippen LogP contribution >= 0.6 is 0 Å². The maximum atomic E-state index is 8.42. The van der Waals surface area contributed by atoms with Gasteiger partial charge in [-0.05, 0) is 17.7 Å². The Balaban J connectivity index is 2.80. The molecule has 3 heteroatoms. The number of benzene rings is 1. The van der Waals surface area contributed by atoms with Crippen LogP contribution in [0, 0.1) is 0 Å². The van der Waals surface area contributed by atoms with Crippen LogP contribution in [-0.2, 0) is 6.54 Å². The highest BCUT2D eigenvalue weighted by Crippen LogP contribution is 2.06. The van der Waals surface area contributed by atoms with E-state index in [4.69, 9.17) is 10.9 Å². The molecule has 1 aromatic rings. The van der Waals surface area contributed by atoms with Gasteiger partial charge in [0.2, 0.25) is 0 Å². The third kappa shape index (κ3) is 1.46. The lowest BCUT2D eigenvalue weighted by Crippen LogP contribution is -1.96. The van der Waals surface area contributed by atoms with Crippen LogP contribution in [0.4, 0.5) is 5.69 Å². The average Bonchev–Trinajstić information content (AvgIpc) is 2.05. The van der Waals surface area contributed by atoms with E-state index in [9.17, 15) is 0 Å². The van der Waals surface area contributed by atoms with E-state index in [0.717, 1.165) is 5.56 Å². The molecule has 0 atom stereocenters. The summed E-state index contributed by atoms with van der Waals surface area (Å²) in [6.45, 7) is 0.533. The molecule has 0 spiro atoms. The molecule has 0 saturated heterocycles. The van der Waals surface area contributed by atoms with Crippen LogP contribution in [0.5, 0.6) is 0 Å². The molecule has 1 rings (SSSR count). The predicted molar refractivity (Wildman–Crippen MR) is 39.7 cm³/mol. The zero-order chi connectivity index (χ0) is 7.40. The van der Waals surface area contributed by atoms with Crippen molar-refractivity contribution in [2.75, 3.05) is 5.48 Å². The Kier molecular flexibility index (Phi) is 2.25. The van der Waals surface area contributed by atoms with Crippen LogP contribution in [0.25, 0.3) is 0 Å². The predicted octanol–water partition coefficient (Wildman–Crippen LogP) is 0.946. The molecule has 4 N–H and O–H groups in total. The minimum Gasteiger partial charge on any atom is -0.326 e. The van der Waals surface area contributed by atoms with Gasteiger partial charge in [-0.25, -0.2) is 0 Å². The van der Waals surface area contributed by atoms with Crippen LogP contribution in [0.15, 0.2) is 24.3 Å². The quantitative estimate of drug-likeness (QED) is 0.533. The van der Waals surface area contributed by atoms with Crippen LogP contribution in [0.2, 0.25) is 0 Å². The molecule has 0 radical (unpaired) electrons. The van der Waals surface area contributed by atoms with Gasteiger partial charge in [0.15, 0.2) is 0 Å². The zero-order valence-corrected chi connectivity index (χ0v) is 5.54. The normalized spacial score (nSPS) is 9.40. The summed E-state index contributed by atoms with van der Waals surface area (Å²) < 4.78 is 0. The van der Waals surface area contributed by atoms with Gasteiger partial charge in [-0.3, -0.25) is 10.7 Å². The zero-order valence-electron chi connectivity index (χ0n) is 5.54. The number of nitrogens with two attached hydrogens (primary N) is 1. The number of nitrogens with one attached hydrogen (secondary N) is 1. The fourth-order valence-corrected chi connectivity index (χ4v) is 0.715. The molecule has 1 aromatic carbocycles. The van der Waals surface area contributed by atoms with Gasteiger partial charge in [0.05, 0.1) is 5.69 Å². The lowest BCUT2D eigenvalue weighted by atomic mass is 10.2. The number of hydrogen-bond acceptors (Lipinski definition) is 3. The van der Waals surface area contributed by atoms with Crippen molar-refractivity contribution in [2.45, 2.75) is 6.54 Å². The molecule has 0 saturated carbocycles.